The summed E-state index contributed by atoms with van der Waals surface area (Å²) in [6.45, 7) is 1.39. The number of nitrogens with one attached hydrogen (secondary N) is 2. The fraction of sp³-hybridized carbons (Fsp3) is 0.227. The molecule has 2 amide bonds. The van der Waals surface area contributed by atoms with E-state index < -0.39 is 24.0 Å². The number of carbonyl (C=O) groups excluding carboxylic acids is 3. The summed E-state index contributed by atoms with van der Waals surface area (Å²) in [5.74, 6) is -1.24. The van der Waals surface area contributed by atoms with Gasteiger partial charge in [-0.2, -0.15) is 0 Å². The Bertz CT molecular complexity index is 953. The first-order valence-electron chi connectivity index (χ1n) is 9.43. The van der Waals surface area contributed by atoms with E-state index in [1.165, 1.54) is 12.1 Å². The second-order valence-electron chi connectivity index (χ2n) is 6.49. The lowest BCUT2D eigenvalue weighted by Crippen LogP contribution is -2.47. The summed E-state index contributed by atoms with van der Waals surface area (Å²) in [5, 5.41) is 14.4. The second kappa shape index (κ2) is 9.71. The Morgan fingerprint density at radius 3 is 2.33 bits per heavy atom. The summed E-state index contributed by atoms with van der Waals surface area (Å²) >= 11 is 0. The summed E-state index contributed by atoms with van der Waals surface area (Å²) in [6, 6.07) is 14.0. The van der Waals surface area contributed by atoms with Gasteiger partial charge in [0.2, 0.25) is 0 Å². The highest BCUT2D eigenvalue weighted by Gasteiger charge is 2.34. The highest BCUT2D eigenvalue weighted by molar-refractivity contribution is 5.95. The third-order valence-electron chi connectivity index (χ3n) is 4.50. The van der Waals surface area contributed by atoms with Crippen LogP contribution in [0, 0.1) is 0 Å². The van der Waals surface area contributed by atoms with Gasteiger partial charge in [0.1, 0.15) is 6.61 Å². The number of aliphatic hydroxyl groups excluding tert-OH is 1. The average Bonchev–Trinajstić information content (AvgIpc) is 2.77. The molecule has 8 nitrogen and oxygen atoms in total. The largest absolute Gasteiger partial charge is 0.463 e. The van der Waals surface area contributed by atoms with Crippen molar-refractivity contribution in [2.45, 2.75) is 19.6 Å². The zero-order valence-electron chi connectivity index (χ0n) is 16.4. The predicted molar refractivity (Wildman–Crippen MR) is 107 cm³/mol. The zero-order valence-corrected chi connectivity index (χ0v) is 16.4. The molecule has 2 aromatic carbocycles. The Balaban J connectivity index is 1.87. The molecular formula is C22H22N2O6. The summed E-state index contributed by atoms with van der Waals surface area (Å²) in [5.41, 5.74) is 1.97. The Morgan fingerprint density at radius 1 is 1.00 bits per heavy atom. The molecule has 0 fully saturated rings. The van der Waals surface area contributed by atoms with Crippen molar-refractivity contribution in [2.24, 2.45) is 0 Å². The highest BCUT2D eigenvalue weighted by Crippen LogP contribution is 2.28. The van der Waals surface area contributed by atoms with Gasteiger partial charge in [0.25, 0.3) is 0 Å². The summed E-state index contributed by atoms with van der Waals surface area (Å²) in [4.78, 5) is 37.2. The molecule has 3 N–H and O–H groups in total. The van der Waals surface area contributed by atoms with Crippen molar-refractivity contribution in [1.29, 1.82) is 0 Å². The van der Waals surface area contributed by atoms with Crippen LogP contribution in [0.3, 0.4) is 0 Å². The summed E-state index contributed by atoms with van der Waals surface area (Å²) in [7, 11) is 0. The van der Waals surface area contributed by atoms with Gasteiger partial charge in [0.05, 0.1) is 36.1 Å². The first kappa shape index (κ1) is 21.1. The SMILES string of the molecule is CCOC(=O)C1=C(COC(=O)c2ccc(CO)cc2)NC(=O)N[C@@H]1c1ccccc1. The number of hydrogen-bond acceptors (Lipinski definition) is 6. The van der Waals surface area contributed by atoms with E-state index in [2.05, 4.69) is 10.6 Å². The van der Waals surface area contributed by atoms with Gasteiger partial charge in [-0.25, -0.2) is 14.4 Å². The zero-order chi connectivity index (χ0) is 21.5. The molecule has 0 bridgehead atoms. The molecule has 0 unspecified atom stereocenters. The van der Waals surface area contributed by atoms with Crippen LogP contribution in [-0.4, -0.2) is 36.3 Å². The van der Waals surface area contributed by atoms with Crippen LogP contribution >= 0.6 is 0 Å². The van der Waals surface area contributed by atoms with E-state index in [0.717, 1.165) is 0 Å². The Labute approximate surface area is 173 Å². The predicted octanol–water partition coefficient (Wildman–Crippen LogP) is 2.21. The van der Waals surface area contributed by atoms with Gasteiger partial charge >= 0.3 is 18.0 Å². The van der Waals surface area contributed by atoms with Crippen LogP contribution < -0.4 is 10.6 Å². The molecule has 1 aliphatic heterocycles. The number of aliphatic hydroxyl groups is 1. The molecule has 1 aliphatic rings. The van der Waals surface area contributed by atoms with E-state index in [0.29, 0.717) is 11.1 Å². The molecule has 30 heavy (non-hydrogen) atoms. The topological polar surface area (TPSA) is 114 Å². The van der Waals surface area contributed by atoms with Gasteiger partial charge in [0.15, 0.2) is 0 Å². The summed E-state index contributed by atoms with van der Waals surface area (Å²) in [6.07, 6.45) is 0. The third-order valence-corrected chi connectivity index (χ3v) is 4.50. The minimum absolute atomic E-state index is 0.134. The average molecular weight is 410 g/mol. The molecule has 8 heteroatoms. The fourth-order valence-electron chi connectivity index (χ4n) is 3.04. The molecule has 1 heterocycles. The van der Waals surface area contributed by atoms with E-state index in [1.54, 1.807) is 43.3 Å². The molecule has 1 atom stereocenters. The van der Waals surface area contributed by atoms with Crippen LogP contribution in [0.1, 0.15) is 34.5 Å². The molecule has 0 saturated carbocycles. The lowest BCUT2D eigenvalue weighted by atomic mass is 9.95. The van der Waals surface area contributed by atoms with Crippen LogP contribution in [-0.2, 0) is 20.9 Å². The number of carbonyl (C=O) groups is 3. The molecule has 0 radical (unpaired) electrons. The first-order valence-corrected chi connectivity index (χ1v) is 9.43. The number of hydrogen-bond donors (Lipinski definition) is 3. The molecule has 0 aromatic heterocycles. The van der Waals surface area contributed by atoms with Crippen LogP contribution in [0.25, 0.3) is 0 Å². The molecule has 156 valence electrons. The Morgan fingerprint density at radius 2 is 1.70 bits per heavy atom. The number of amides is 2. The Hall–Kier alpha value is -3.65. The van der Waals surface area contributed by atoms with Crippen LogP contribution in [0.15, 0.2) is 65.9 Å². The number of benzene rings is 2. The smallest absolute Gasteiger partial charge is 0.338 e. The normalized spacial score (nSPS) is 15.8. The molecular weight excluding hydrogens is 388 g/mol. The monoisotopic (exact) mass is 410 g/mol. The van der Waals surface area contributed by atoms with Gasteiger partial charge < -0.3 is 25.2 Å². The molecule has 0 saturated heterocycles. The summed E-state index contributed by atoms with van der Waals surface area (Å²) < 4.78 is 10.5. The van der Waals surface area contributed by atoms with E-state index in [1.807, 2.05) is 6.07 Å². The Kier molecular flexibility index (Phi) is 6.82. The number of ether oxygens (including phenoxy) is 2. The van der Waals surface area contributed by atoms with Crippen molar-refractivity contribution in [3.63, 3.8) is 0 Å². The maximum absolute atomic E-state index is 12.6. The molecule has 0 aliphatic carbocycles. The molecule has 0 spiro atoms. The lowest BCUT2D eigenvalue weighted by molar-refractivity contribution is -0.139. The third kappa shape index (κ3) is 4.84. The van der Waals surface area contributed by atoms with Gasteiger partial charge in [-0.3, -0.25) is 0 Å². The van der Waals surface area contributed by atoms with Crippen LogP contribution in [0.5, 0.6) is 0 Å². The van der Waals surface area contributed by atoms with Crippen LogP contribution in [0.4, 0.5) is 4.79 Å². The van der Waals surface area contributed by atoms with Gasteiger partial charge in [0, 0.05) is 0 Å². The fourth-order valence-corrected chi connectivity index (χ4v) is 3.04. The first-order chi connectivity index (χ1) is 14.5. The van der Waals surface area contributed by atoms with Crippen molar-refractivity contribution in [2.75, 3.05) is 13.2 Å². The minimum Gasteiger partial charge on any atom is -0.463 e. The van der Waals surface area contributed by atoms with E-state index >= 15 is 0 Å². The van der Waals surface area contributed by atoms with Gasteiger partial charge in [-0.15, -0.1) is 0 Å². The van der Waals surface area contributed by atoms with Crippen molar-refractivity contribution in [3.8, 4) is 0 Å². The standard InChI is InChI=1S/C22H22N2O6/c1-2-29-21(27)18-17(13-30-20(26)16-10-8-14(12-25)9-11-16)23-22(28)24-19(18)15-6-4-3-5-7-15/h3-11,19,25H,2,12-13H2,1H3,(H2,23,24,28)/t19-/m1/s1. The van der Waals surface area contributed by atoms with E-state index in [9.17, 15) is 14.4 Å². The van der Waals surface area contributed by atoms with Crippen molar-refractivity contribution in [3.05, 3.63) is 82.6 Å². The minimum atomic E-state index is -0.739. The highest BCUT2D eigenvalue weighted by atomic mass is 16.5. The van der Waals surface area contributed by atoms with Crippen molar-refractivity contribution < 1.29 is 29.0 Å². The van der Waals surface area contributed by atoms with Gasteiger partial charge in [-0.1, -0.05) is 42.5 Å². The van der Waals surface area contributed by atoms with Gasteiger partial charge in [-0.05, 0) is 30.2 Å². The quantitative estimate of drug-likeness (QED) is 0.603. The second-order valence-corrected chi connectivity index (χ2v) is 6.49. The number of esters is 2. The van der Waals surface area contributed by atoms with E-state index in [4.69, 9.17) is 14.6 Å². The lowest BCUT2D eigenvalue weighted by Gasteiger charge is -2.29. The maximum atomic E-state index is 12.6. The number of urea groups is 1. The molecule has 3 rings (SSSR count). The maximum Gasteiger partial charge on any atom is 0.338 e. The van der Waals surface area contributed by atoms with Crippen molar-refractivity contribution >= 4 is 18.0 Å². The number of rotatable bonds is 7. The van der Waals surface area contributed by atoms with Crippen LogP contribution in [0.2, 0.25) is 0 Å². The molecule has 2 aromatic rings. The van der Waals surface area contributed by atoms with E-state index in [-0.39, 0.29) is 36.7 Å². The van der Waals surface area contributed by atoms with Crippen molar-refractivity contribution in [1.82, 2.24) is 10.6 Å².